The SMILES string of the molecule is [Si]=C(Cl)Cl. The molecule has 0 atom stereocenters. The minimum Gasteiger partial charge on any atom is -0.0773 e. The van der Waals surface area contributed by atoms with Gasteiger partial charge in [-0.15, -0.1) is 0 Å². The second-order valence-electron chi connectivity index (χ2n) is 0.260. The standard InChI is InChI=1S/CCl2Si/c2-1(3)4. The summed E-state index contributed by atoms with van der Waals surface area (Å²) in [5.41, 5.74) is 0. The summed E-state index contributed by atoms with van der Waals surface area (Å²) in [6, 6.07) is 0. The lowest BCUT2D eigenvalue weighted by Gasteiger charge is -1.57. The van der Waals surface area contributed by atoms with Crippen molar-refractivity contribution in [2.75, 3.05) is 0 Å². The van der Waals surface area contributed by atoms with Gasteiger partial charge in [0.05, 0.1) is 13.9 Å². The van der Waals surface area contributed by atoms with E-state index in [9.17, 15) is 0 Å². The molecule has 0 aromatic rings. The molecule has 4 heavy (non-hydrogen) atoms. The predicted molar refractivity (Wildman–Crippen MR) is 22.5 cm³/mol. The van der Waals surface area contributed by atoms with E-state index in [1.54, 1.807) is 0 Å². The Kier molecular flexibility index (Phi) is 2.26. The molecule has 0 aliphatic rings. The lowest BCUT2D eigenvalue weighted by atomic mass is 11.9. The Morgan fingerprint density at radius 3 is 1.50 bits per heavy atom. The number of hydrogen-bond acceptors (Lipinski definition) is 0. The lowest BCUT2D eigenvalue weighted by Crippen LogP contribution is -1.58. The average molecular weight is 111 g/mol. The van der Waals surface area contributed by atoms with Crippen molar-refractivity contribution >= 4 is 37.1 Å². The van der Waals surface area contributed by atoms with Gasteiger partial charge >= 0.3 is 0 Å². The van der Waals surface area contributed by atoms with Gasteiger partial charge in [-0.2, -0.15) is 0 Å². The molecule has 0 saturated heterocycles. The fourth-order valence-electron chi connectivity index (χ4n) is 0. The molecule has 0 fully saturated rings. The van der Waals surface area contributed by atoms with Crippen molar-refractivity contribution in [1.29, 1.82) is 0 Å². The molecular weight excluding hydrogens is 111 g/mol. The van der Waals surface area contributed by atoms with Crippen molar-refractivity contribution in [1.82, 2.24) is 0 Å². The smallest absolute Gasteiger partial charge is 0.0773 e. The zero-order valence-corrected chi connectivity index (χ0v) is 4.27. The van der Waals surface area contributed by atoms with Gasteiger partial charge in [-0.1, -0.05) is 23.2 Å². The molecule has 3 heteroatoms. The van der Waals surface area contributed by atoms with Crippen molar-refractivity contribution in [3.63, 3.8) is 0 Å². The highest BCUT2D eigenvalue weighted by molar-refractivity contribution is 7.06. The number of hydrogen-bond donors (Lipinski definition) is 0. The van der Waals surface area contributed by atoms with Crippen molar-refractivity contribution in [3.05, 3.63) is 0 Å². The molecule has 2 radical (unpaired) electrons. The van der Waals surface area contributed by atoms with Gasteiger partial charge in [0.15, 0.2) is 0 Å². The summed E-state index contributed by atoms with van der Waals surface area (Å²) in [4.78, 5) is 0. The Morgan fingerprint density at radius 2 is 1.50 bits per heavy atom. The first-order chi connectivity index (χ1) is 1.73. The summed E-state index contributed by atoms with van der Waals surface area (Å²) in [7, 11) is 2.76. The van der Waals surface area contributed by atoms with Crippen LogP contribution in [0, 0.1) is 0 Å². The van der Waals surface area contributed by atoms with Gasteiger partial charge in [0.2, 0.25) is 0 Å². The Morgan fingerprint density at radius 1 is 1.50 bits per heavy atom. The van der Waals surface area contributed by atoms with Crippen molar-refractivity contribution in [2.45, 2.75) is 0 Å². The van der Waals surface area contributed by atoms with Gasteiger partial charge in [-0.05, 0) is 0 Å². The first-order valence-electron chi connectivity index (χ1n) is 0.628. The van der Waals surface area contributed by atoms with Crippen LogP contribution in [-0.2, 0) is 0 Å². The molecule has 0 bridgehead atoms. The van der Waals surface area contributed by atoms with Crippen LogP contribution >= 0.6 is 23.2 Å². The summed E-state index contributed by atoms with van der Waals surface area (Å²) in [6.07, 6.45) is 0. The van der Waals surface area contributed by atoms with Crippen LogP contribution in [0.1, 0.15) is 0 Å². The third-order valence-corrected chi connectivity index (χ3v) is 0. The van der Waals surface area contributed by atoms with Crippen LogP contribution in [-0.4, -0.2) is 13.9 Å². The first kappa shape index (κ1) is 4.67. The fraction of sp³-hybridized carbons (Fsp3) is 0. The molecule has 0 heterocycles. The molecule has 0 nitrogen and oxygen atoms in total. The molecule has 0 amide bonds. The van der Waals surface area contributed by atoms with Crippen LogP contribution in [0.3, 0.4) is 0 Å². The third kappa shape index (κ3) is 16.7. The zero-order chi connectivity index (χ0) is 3.58. The van der Waals surface area contributed by atoms with Crippen LogP contribution < -0.4 is 0 Å². The Hall–Kier alpha value is 0.667. The molecule has 22 valence electrons. The van der Waals surface area contributed by atoms with Gasteiger partial charge in [-0.25, -0.2) is 0 Å². The highest BCUT2D eigenvalue weighted by atomic mass is 35.5. The summed E-state index contributed by atoms with van der Waals surface area (Å²) >= 11 is 9.74. The molecule has 0 saturated carbocycles. The molecule has 0 spiro atoms. The van der Waals surface area contributed by atoms with Crippen LogP contribution in [0.5, 0.6) is 0 Å². The maximum atomic E-state index is 4.87. The molecular formula is CCl2Si. The number of rotatable bonds is 0. The summed E-state index contributed by atoms with van der Waals surface area (Å²) < 4.78 is 0.167. The van der Waals surface area contributed by atoms with Crippen molar-refractivity contribution in [2.24, 2.45) is 0 Å². The summed E-state index contributed by atoms with van der Waals surface area (Å²) in [6.45, 7) is 0. The van der Waals surface area contributed by atoms with E-state index in [0.717, 1.165) is 0 Å². The lowest BCUT2D eigenvalue weighted by molar-refractivity contribution is 3.79. The van der Waals surface area contributed by atoms with Gasteiger partial charge in [0, 0.05) is 0 Å². The van der Waals surface area contributed by atoms with E-state index in [0.29, 0.717) is 0 Å². The van der Waals surface area contributed by atoms with E-state index in [2.05, 4.69) is 9.85 Å². The molecule has 0 aliphatic heterocycles. The minimum absolute atomic E-state index is 0.167. The Labute approximate surface area is 37.8 Å². The molecule has 0 aromatic heterocycles. The molecule has 0 unspecified atom stereocenters. The molecule has 0 N–H and O–H groups in total. The van der Waals surface area contributed by atoms with Crippen LogP contribution in [0.25, 0.3) is 0 Å². The monoisotopic (exact) mass is 110 g/mol. The Balaban J connectivity index is 2.80. The van der Waals surface area contributed by atoms with Crippen LogP contribution in [0.4, 0.5) is 0 Å². The second kappa shape index (κ2) is 1.94. The maximum Gasteiger partial charge on any atom is 0.0804 e. The average Bonchev–Trinajstić information content (AvgIpc) is 0.811. The quantitative estimate of drug-likeness (QED) is 0.404. The van der Waals surface area contributed by atoms with E-state index in [1.807, 2.05) is 0 Å². The highest BCUT2D eigenvalue weighted by Crippen LogP contribution is 1.78. The van der Waals surface area contributed by atoms with Crippen LogP contribution in [0.2, 0.25) is 0 Å². The summed E-state index contributed by atoms with van der Waals surface area (Å²) in [5, 5.41) is 0. The topological polar surface area (TPSA) is 0 Å². The van der Waals surface area contributed by atoms with Gasteiger partial charge in [0.25, 0.3) is 0 Å². The summed E-state index contributed by atoms with van der Waals surface area (Å²) in [5.74, 6) is 0. The third-order valence-electron chi connectivity index (χ3n) is 0. The minimum atomic E-state index is 0.167. The highest BCUT2D eigenvalue weighted by Gasteiger charge is 1.60. The van der Waals surface area contributed by atoms with E-state index >= 15 is 0 Å². The van der Waals surface area contributed by atoms with E-state index < -0.39 is 0 Å². The molecule has 0 aromatic carbocycles. The second-order valence-corrected chi connectivity index (χ2v) is 2.34. The first-order valence-corrected chi connectivity index (χ1v) is 1.88. The largest absolute Gasteiger partial charge is 0.0804 e. The van der Waals surface area contributed by atoms with E-state index in [-0.39, 0.29) is 4.09 Å². The van der Waals surface area contributed by atoms with Crippen molar-refractivity contribution in [3.8, 4) is 0 Å². The maximum absolute atomic E-state index is 4.87. The van der Waals surface area contributed by atoms with Crippen molar-refractivity contribution < 1.29 is 0 Å². The normalized spacial score (nSPS) is 6.50. The van der Waals surface area contributed by atoms with E-state index in [1.165, 1.54) is 0 Å². The number of halogens is 2. The van der Waals surface area contributed by atoms with Gasteiger partial charge < -0.3 is 0 Å². The molecule has 0 aliphatic carbocycles. The molecule has 0 rings (SSSR count). The van der Waals surface area contributed by atoms with Gasteiger partial charge in [0.1, 0.15) is 0 Å². The predicted octanol–water partition coefficient (Wildman–Crippen LogP) is 0.720. The fourth-order valence-corrected chi connectivity index (χ4v) is 0. The van der Waals surface area contributed by atoms with Gasteiger partial charge in [-0.3, -0.25) is 0 Å². The zero-order valence-electron chi connectivity index (χ0n) is 1.76. The Bertz CT molecular complexity index is 29.0. The van der Waals surface area contributed by atoms with Crippen LogP contribution in [0.15, 0.2) is 0 Å². The van der Waals surface area contributed by atoms with E-state index in [4.69, 9.17) is 23.2 Å².